The first-order valence-electron chi connectivity index (χ1n) is 13.2. The molecule has 10 nitrogen and oxygen atoms in total. The second-order valence-electron chi connectivity index (χ2n) is 10.1. The lowest BCUT2D eigenvalue weighted by atomic mass is 9.83. The maximum absolute atomic E-state index is 14.0. The van der Waals surface area contributed by atoms with Crippen LogP contribution in [0.1, 0.15) is 34.9 Å². The van der Waals surface area contributed by atoms with Gasteiger partial charge in [-0.05, 0) is 47.7 Å². The molecule has 0 fully saturated rings. The molecule has 0 N–H and O–H groups in total. The van der Waals surface area contributed by atoms with E-state index in [-0.39, 0.29) is 22.0 Å². The first kappa shape index (κ1) is 26.7. The van der Waals surface area contributed by atoms with Crippen molar-refractivity contribution in [1.29, 1.82) is 0 Å². The van der Waals surface area contributed by atoms with Crippen LogP contribution < -0.4 is 14.9 Å². The number of allylic oxidation sites excluding steroid dienone is 1. The van der Waals surface area contributed by atoms with Gasteiger partial charge in [0.2, 0.25) is 0 Å². The summed E-state index contributed by atoms with van der Waals surface area (Å²) in [6.45, 7) is 0. The molecule has 0 radical (unpaired) electrons. The zero-order valence-electron chi connectivity index (χ0n) is 22.1. The molecule has 5 aromatic rings. The standard InChI is InChI=1S/C31H19ClN4O6S/c32-25-12-9-20(36(40)41)15-24(25)26-13-10-21(42-26)16-27-30(37)34-29(18-5-3-6-19(14-18)35(38)39)23-11-8-17-4-1-2-7-22(17)28(23)33-31(34)43-27/h1-7,9-10,12-16,29H,8,11H2/b27-16+/t29-/m0/s1. The number of aryl methyl sites for hydroxylation is 1. The Kier molecular flexibility index (Phi) is 6.41. The van der Waals surface area contributed by atoms with Crippen LogP contribution in [0, 0.1) is 20.2 Å². The quantitative estimate of drug-likeness (QED) is 0.176. The van der Waals surface area contributed by atoms with Gasteiger partial charge in [-0.15, -0.1) is 0 Å². The number of non-ortho nitro benzene ring substituents is 2. The number of rotatable bonds is 5. The average molecular weight is 611 g/mol. The fourth-order valence-corrected chi connectivity index (χ4v) is 6.84. The average Bonchev–Trinajstić information content (AvgIpc) is 3.60. The topological polar surface area (TPSA) is 134 Å². The van der Waals surface area contributed by atoms with E-state index < -0.39 is 15.9 Å². The number of thiazole rings is 1. The highest BCUT2D eigenvalue weighted by atomic mass is 35.5. The molecular weight excluding hydrogens is 592 g/mol. The smallest absolute Gasteiger partial charge is 0.271 e. The first-order chi connectivity index (χ1) is 20.8. The Hall–Kier alpha value is -5.13. The van der Waals surface area contributed by atoms with Gasteiger partial charge in [-0.25, -0.2) is 4.99 Å². The summed E-state index contributed by atoms with van der Waals surface area (Å²) in [6, 6.07) is 21.2. The van der Waals surface area contributed by atoms with Crippen LogP contribution in [0.2, 0.25) is 5.02 Å². The van der Waals surface area contributed by atoms with Crippen LogP contribution in [-0.4, -0.2) is 14.4 Å². The molecule has 0 saturated carbocycles. The van der Waals surface area contributed by atoms with Crippen molar-refractivity contribution in [2.75, 3.05) is 0 Å². The zero-order valence-corrected chi connectivity index (χ0v) is 23.7. The van der Waals surface area contributed by atoms with Crippen molar-refractivity contribution < 1.29 is 14.3 Å². The third kappa shape index (κ3) is 4.59. The molecule has 12 heteroatoms. The molecule has 0 saturated heterocycles. The van der Waals surface area contributed by atoms with Crippen LogP contribution in [-0.2, 0) is 6.42 Å². The summed E-state index contributed by atoms with van der Waals surface area (Å²) in [5, 5.41) is 23.2. The summed E-state index contributed by atoms with van der Waals surface area (Å²) in [5.41, 5.74) is 4.35. The van der Waals surface area contributed by atoms with Gasteiger partial charge in [-0.1, -0.05) is 59.3 Å². The molecule has 7 rings (SSSR count). The van der Waals surface area contributed by atoms with E-state index in [4.69, 9.17) is 21.0 Å². The molecule has 1 aliphatic heterocycles. The molecule has 0 amide bonds. The molecule has 1 aliphatic carbocycles. The lowest BCUT2D eigenvalue weighted by Gasteiger charge is -2.30. The van der Waals surface area contributed by atoms with Gasteiger partial charge in [0.25, 0.3) is 16.9 Å². The molecule has 2 aromatic heterocycles. The van der Waals surface area contributed by atoms with E-state index in [9.17, 15) is 25.0 Å². The lowest BCUT2D eigenvalue weighted by Crippen LogP contribution is -2.38. The lowest BCUT2D eigenvalue weighted by molar-refractivity contribution is -0.385. The summed E-state index contributed by atoms with van der Waals surface area (Å²) >= 11 is 7.49. The predicted molar refractivity (Wildman–Crippen MR) is 162 cm³/mol. The number of nitro benzene ring substituents is 2. The number of halogens is 1. The number of fused-ring (bicyclic) bond motifs is 3. The van der Waals surface area contributed by atoms with Crippen LogP contribution in [0.15, 0.2) is 98.6 Å². The fourth-order valence-electron chi connectivity index (χ4n) is 5.65. The van der Waals surface area contributed by atoms with Gasteiger partial charge in [0.05, 0.1) is 31.1 Å². The van der Waals surface area contributed by atoms with Gasteiger partial charge < -0.3 is 4.42 Å². The van der Waals surface area contributed by atoms with Crippen LogP contribution in [0.25, 0.3) is 23.1 Å². The van der Waals surface area contributed by atoms with Crippen molar-refractivity contribution in [3.8, 4) is 11.3 Å². The van der Waals surface area contributed by atoms with Gasteiger partial charge in [0, 0.05) is 41.5 Å². The van der Waals surface area contributed by atoms with Gasteiger partial charge in [0.1, 0.15) is 11.5 Å². The van der Waals surface area contributed by atoms with E-state index >= 15 is 0 Å². The fraction of sp³-hybridized carbons (Fsp3) is 0.0968. The maximum Gasteiger partial charge on any atom is 0.271 e. The van der Waals surface area contributed by atoms with Gasteiger partial charge >= 0.3 is 0 Å². The van der Waals surface area contributed by atoms with Gasteiger partial charge in [-0.2, -0.15) is 0 Å². The molecular formula is C31H19ClN4O6S. The van der Waals surface area contributed by atoms with Gasteiger partial charge in [0.15, 0.2) is 4.80 Å². The van der Waals surface area contributed by atoms with E-state index in [1.807, 2.05) is 18.2 Å². The number of furan rings is 1. The maximum atomic E-state index is 14.0. The van der Waals surface area contributed by atoms with Crippen molar-refractivity contribution in [3.63, 3.8) is 0 Å². The Morgan fingerprint density at radius 3 is 2.53 bits per heavy atom. The molecule has 0 spiro atoms. The minimum Gasteiger partial charge on any atom is -0.457 e. The normalized spacial score (nSPS) is 15.8. The summed E-state index contributed by atoms with van der Waals surface area (Å²) in [6.07, 6.45) is 3.01. The third-order valence-electron chi connectivity index (χ3n) is 7.60. The van der Waals surface area contributed by atoms with Crippen molar-refractivity contribution in [2.24, 2.45) is 4.99 Å². The molecule has 43 heavy (non-hydrogen) atoms. The zero-order chi connectivity index (χ0) is 29.8. The van der Waals surface area contributed by atoms with E-state index in [1.54, 1.807) is 34.9 Å². The van der Waals surface area contributed by atoms with Crippen LogP contribution in [0.5, 0.6) is 0 Å². The third-order valence-corrected chi connectivity index (χ3v) is 8.91. The number of aromatic nitrogens is 1. The number of nitro groups is 2. The molecule has 2 aliphatic rings. The highest BCUT2D eigenvalue weighted by Gasteiger charge is 2.33. The summed E-state index contributed by atoms with van der Waals surface area (Å²) < 4.78 is 7.91. The van der Waals surface area contributed by atoms with E-state index in [0.717, 1.165) is 28.8 Å². The van der Waals surface area contributed by atoms with E-state index in [2.05, 4.69) is 6.07 Å². The number of benzene rings is 3. The van der Waals surface area contributed by atoms with Crippen molar-refractivity contribution in [1.82, 2.24) is 4.57 Å². The van der Waals surface area contributed by atoms with Crippen LogP contribution >= 0.6 is 22.9 Å². The Labute approximate surface area is 251 Å². The second kappa shape index (κ2) is 10.3. The number of hydrogen-bond acceptors (Lipinski definition) is 8. The van der Waals surface area contributed by atoms with Crippen LogP contribution in [0.3, 0.4) is 0 Å². The van der Waals surface area contributed by atoms with Crippen LogP contribution in [0.4, 0.5) is 11.4 Å². The number of hydrogen-bond donors (Lipinski definition) is 0. The van der Waals surface area contributed by atoms with Crippen molar-refractivity contribution in [3.05, 3.63) is 152 Å². The predicted octanol–water partition coefficient (Wildman–Crippen LogP) is 6.05. The Morgan fingerprint density at radius 1 is 0.930 bits per heavy atom. The van der Waals surface area contributed by atoms with Crippen molar-refractivity contribution >= 4 is 46.1 Å². The molecule has 3 aromatic carbocycles. The molecule has 0 bridgehead atoms. The minimum atomic E-state index is -0.572. The summed E-state index contributed by atoms with van der Waals surface area (Å²) in [5.74, 6) is 0.665. The van der Waals surface area contributed by atoms with Crippen molar-refractivity contribution in [2.45, 2.75) is 18.9 Å². The summed E-state index contributed by atoms with van der Waals surface area (Å²) in [4.78, 5) is 41.3. The molecule has 0 unspecified atom stereocenters. The number of nitrogens with zero attached hydrogens (tertiary/aromatic N) is 4. The highest BCUT2D eigenvalue weighted by molar-refractivity contribution is 7.07. The largest absolute Gasteiger partial charge is 0.457 e. The minimum absolute atomic E-state index is 0.0575. The Morgan fingerprint density at radius 2 is 1.72 bits per heavy atom. The Bertz CT molecular complexity index is 2210. The Balaban J connectivity index is 1.39. The SMILES string of the molecule is O=c1/c(=C\c2ccc(-c3cc([N+](=O)[O-])ccc3Cl)o2)sc2n1[C@@H](c1cccc([N+](=O)[O-])c1)C1=C(N=2)c2ccccc2CC1. The van der Waals surface area contributed by atoms with E-state index in [0.29, 0.717) is 38.4 Å². The first-order valence-corrected chi connectivity index (χ1v) is 14.4. The second-order valence-corrected chi connectivity index (χ2v) is 11.5. The molecule has 3 heterocycles. The van der Waals surface area contributed by atoms with E-state index in [1.165, 1.54) is 41.7 Å². The highest BCUT2D eigenvalue weighted by Crippen LogP contribution is 2.41. The van der Waals surface area contributed by atoms with Gasteiger partial charge in [-0.3, -0.25) is 29.6 Å². The monoisotopic (exact) mass is 610 g/mol. The summed E-state index contributed by atoms with van der Waals surface area (Å²) in [7, 11) is 0. The molecule has 1 atom stereocenters. The molecule has 212 valence electrons.